The molecule has 1 rings (SSSR count). The molecule has 0 fully saturated rings. The van der Waals surface area contributed by atoms with Gasteiger partial charge in [-0.05, 0) is 74.9 Å². The molecule has 0 aromatic carbocycles. The number of quaternary nitrogens is 2. The van der Waals surface area contributed by atoms with Crippen LogP contribution in [0.4, 0.5) is 0 Å². The summed E-state index contributed by atoms with van der Waals surface area (Å²) >= 11 is 2.00. The van der Waals surface area contributed by atoms with Crippen molar-refractivity contribution in [1.82, 2.24) is 0 Å². The summed E-state index contributed by atoms with van der Waals surface area (Å²) in [5.74, 6) is -0.124. The Hall–Kier alpha value is -0.833. The molecule has 0 spiro atoms. The number of esters is 2. The van der Waals surface area contributed by atoms with Crippen LogP contribution < -0.4 is 0 Å². The van der Waals surface area contributed by atoms with Crippen molar-refractivity contribution < 1.29 is 28.0 Å². The number of carbonyl (C=O) groups excluding carboxylic acids is 2. The van der Waals surface area contributed by atoms with E-state index in [1.54, 1.807) is 5.20 Å². The third kappa shape index (κ3) is 23.8. The van der Waals surface area contributed by atoms with Crippen molar-refractivity contribution in [1.29, 1.82) is 0 Å². The maximum absolute atomic E-state index is 13.9. The second kappa shape index (κ2) is 27.7. The van der Waals surface area contributed by atoms with Gasteiger partial charge in [0, 0.05) is 0 Å². The third-order valence-corrected chi connectivity index (χ3v) is 16.1. The van der Waals surface area contributed by atoms with Gasteiger partial charge in [-0.2, -0.15) is 0 Å². The summed E-state index contributed by atoms with van der Waals surface area (Å²) in [5.41, 5.74) is 0. The smallest absolute Gasteiger partial charge is 0.310 e. The fourth-order valence-corrected chi connectivity index (χ4v) is 12.7. The molecule has 8 heteroatoms. The van der Waals surface area contributed by atoms with Crippen molar-refractivity contribution in [2.75, 3.05) is 74.3 Å². The number of hydrogen-bond acceptors (Lipinski definition) is 5. The fourth-order valence-electron chi connectivity index (χ4n) is 7.46. The van der Waals surface area contributed by atoms with Crippen molar-refractivity contribution in [3.05, 3.63) is 10.1 Å². The molecule has 306 valence electrons. The van der Waals surface area contributed by atoms with E-state index in [0.29, 0.717) is 26.1 Å². The van der Waals surface area contributed by atoms with E-state index < -0.39 is 19.9 Å². The highest BCUT2D eigenvalue weighted by Gasteiger charge is 2.44. The van der Waals surface area contributed by atoms with E-state index in [2.05, 4.69) is 69.2 Å². The van der Waals surface area contributed by atoms with Crippen LogP contribution in [0.15, 0.2) is 10.1 Å². The highest BCUT2D eigenvalue weighted by molar-refractivity contribution is 8.03. The maximum atomic E-state index is 13.9. The second-order valence-electron chi connectivity index (χ2n) is 18.7. The number of thioether (sulfide) groups is 1. The maximum Gasteiger partial charge on any atom is 0.310 e. The largest absolute Gasteiger partial charge is 0.465 e. The Kier molecular flexibility index (Phi) is 26.2. The van der Waals surface area contributed by atoms with E-state index in [9.17, 15) is 9.59 Å². The molecule has 0 saturated heterocycles. The SMILES string of the molecule is CCCCCCCCOC(=O)[C@@H]1CC(SCCCCCC[N+](C)(C)C)=C([Si](C)(C)CCCCCCCC)C[C@H]1C(=O)OCCCCCC[N+](C)(C)C. The lowest BCUT2D eigenvalue weighted by Gasteiger charge is -2.38. The molecule has 0 aromatic rings. The van der Waals surface area contributed by atoms with Gasteiger partial charge in [-0.15, -0.1) is 11.8 Å². The molecule has 0 radical (unpaired) electrons. The highest BCUT2D eigenvalue weighted by Crippen LogP contribution is 2.45. The topological polar surface area (TPSA) is 52.6 Å². The minimum atomic E-state index is -1.81. The van der Waals surface area contributed by atoms with Gasteiger partial charge >= 0.3 is 11.9 Å². The molecule has 0 saturated carbocycles. The number of rotatable bonds is 32. The molecule has 0 amide bonds. The minimum absolute atomic E-state index is 0.170. The van der Waals surface area contributed by atoms with Gasteiger partial charge in [-0.25, -0.2) is 0 Å². The molecule has 0 unspecified atom stereocenters. The number of ether oxygens (including phenoxy) is 2. The predicted octanol–water partition coefficient (Wildman–Crippen LogP) is 11.6. The molecule has 0 N–H and O–H groups in total. The van der Waals surface area contributed by atoms with Crippen LogP contribution in [0.1, 0.15) is 155 Å². The van der Waals surface area contributed by atoms with Gasteiger partial charge in [0.15, 0.2) is 0 Å². The highest BCUT2D eigenvalue weighted by atomic mass is 32.2. The number of unbranched alkanes of at least 4 members (excludes halogenated alkanes) is 16. The van der Waals surface area contributed by atoms with Crippen molar-refractivity contribution in [2.45, 2.75) is 174 Å². The van der Waals surface area contributed by atoms with Gasteiger partial charge in [0.1, 0.15) is 0 Å². The van der Waals surface area contributed by atoms with Crippen LogP contribution in [-0.4, -0.2) is 103 Å². The molecule has 1 aliphatic rings. The molecule has 6 nitrogen and oxygen atoms in total. The normalized spacial score (nSPS) is 17.1. The van der Waals surface area contributed by atoms with Crippen LogP contribution >= 0.6 is 11.8 Å². The average molecular weight is 769 g/mol. The molecule has 0 heterocycles. The first kappa shape index (κ1) is 49.2. The quantitative estimate of drug-likeness (QED) is 0.0295. The van der Waals surface area contributed by atoms with Crippen LogP contribution in [0.5, 0.6) is 0 Å². The summed E-state index contributed by atoms with van der Waals surface area (Å²) in [7, 11) is 11.7. The Morgan fingerprint density at radius 3 is 1.46 bits per heavy atom. The van der Waals surface area contributed by atoms with Crippen LogP contribution in [0.25, 0.3) is 0 Å². The Labute approximate surface area is 329 Å². The standard InChI is InChI=1S/C44H88N2O4SSi/c1-11-13-15-17-21-27-33-49-43(47)39-37-41(51-35-29-23-20-26-32-46(6,7)8)42(52(9,10)36-30-24-18-16-14-12-2)38-40(39)44(48)50-34-28-22-19-25-31-45(3,4)5/h39-40H,11-38H2,1-10H3/q+2/t39-,40-/m1/s1. The van der Waals surface area contributed by atoms with Crippen LogP contribution in [0, 0.1) is 11.8 Å². The summed E-state index contributed by atoms with van der Waals surface area (Å²) in [6, 6.07) is 1.26. The molecule has 0 bridgehead atoms. The van der Waals surface area contributed by atoms with Crippen LogP contribution in [0.3, 0.4) is 0 Å². The van der Waals surface area contributed by atoms with Gasteiger partial charge in [-0.1, -0.05) is 115 Å². The monoisotopic (exact) mass is 769 g/mol. The number of nitrogens with zero attached hydrogens (tertiary/aromatic N) is 2. The van der Waals surface area contributed by atoms with E-state index in [0.717, 1.165) is 53.4 Å². The summed E-state index contributed by atoms with van der Waals surface area (Å²) < 4.78 is 14.0. The lowest BCUT2D eigenvalue weighted by atomic mass is 9.82. The number of allylic oxidation sites excluding steroid dienone is 2. The van der Waals surface area contributed by atoms with E-state index in [4.69, 9.17) is 9.47 Å². The van der Waals surface area contributed by atoms with Gasteiger partial charge in [0.25, 0.3) is 0 Å². The number of hydrogen-bond donors (Lipinski definition) is 0. The summed E-state index contributed by atoms with van der Waals surface area (Å²) in [6.07, 6.45) is 25.4. The first-order valence-corrected chi connectivity index (χ1v) is 26.1. The Balaban J connectivity index is 3.09. The van der Waals surface area contributed by atoms with Gasteiger partial charge in [0.2, 0.25) is 0 Å². The third-order valence-electron chi connectivity index (χ3n) is 10.9. The van der Waals surface area contributed by atoms with Gasteiger partial charge in [-0.3, -0.25) is 9.59 Å². The molecule has 1 aliphatic carbocycles. The van der Waals surface area contributed by atoms with Crippen molar-refractivity contribution in [3.8, 4) is 0 Å². The zero-order valence-electron chi connectivity index (χ0n) is 36.4. The second-order valence-corrected chi connectivity index (χ2v) is 24.8. The fraction of sp³-hybridized carbons (Fsp3) is 0.909. The average Bonchev–Trinajstić information content (AvgIpc) is 3.07. The van der Waals surface area contributed by atoms with E-state index >= 15 is 0 Å². The first-order valence-electron chi connectivity index (χ1n) is 21.9. The Bertz CT molecular complexity index is 988. The summed E-state index contributed by atoms with van der Waals surface area (Å²) in [6.45, 7) is 12.9. The minimum Gasteiger partial charge on any atom is -0.465 e. The van der Waals surface area contributed by atoms with Crippen molar-refractivity contribution in [2.24, 2.45) is 11.8 Å². The summed E-state index contributed by atoms with van der Waals surface area (Å²) in [5, 5.41) is 1.54. The molecule has 52 heavy (non-hydrogen) atoms. The number of carbonyl (C=O) groups is 2. The van der Waals surface area contributed by atoms with Crippen molar-refractivity contribution in [3.63, 3.8) is 0 Å². The van der Waals surface area contributed by atoms with E-state index in [1.807, 2.05) is 11.8 Å². The zero-order chi connectivity index (χ0) is 38.9. The molecule has 0 aliphatic heterocycles. The zero-order valence-corrected chi connectivity index (χ0v) is 38.2. The first-order chi connectivity index (χ1) is 24.6. The molecule has 2 atom stereocenters. The van der Waals surface area contributed by atoms with Gasteiger partial charge < -0.3 is 18.4 Å². The van der Waals surface area contributed by atoms with E-state index in [-0.39, 0.29) is 11.9 Å². The predicted molar refractivity (Wildman–Crippen MR) is 229 cm³/mol. The molecular formula is C44H88N2O4SSi+2. The molecular weight excluding hydrogens is 681 g/mol. The Morgan fingerprint density at radius 1 is 0.577 bits per heavy atom. The lowest BCUT2D eigenvalue weighted by molar-refractivity contribution is -0.870. The van der Waals surface area contributed by atoms with Crippen LogP contribution in [-0.2, 0) is 19.1 Å². The van der Waals surface area contributed by atoms with Crippen LogP contribution in [0.2, 0.25) is 19.1 Å². The van der Waals surface area contributed by atoms with Crippen molar-refractivity contribution >= 4 is 31.8 Å². The Morgan fingerprint density at radius 2 is 0.981 bits per heavy atom. The van der Waals surface area contributed by atoms with E-state index in [1.165, 1.54) is 114 Å². The lowest BCUT2D eigenvalue weighted by Crippen LogP contribution is -2.41. The molecule has 0 aromatic heterocycles. The van der Waals surface area contributed by atoms with Gasteiger partial charge in [0.05, 0.1) is 88.5 Å². The summed E-state index contributed by atoms with van der Waals surface area (Å²) in [4.78, 5) is 29.2.